The molecule has 1 aliphatic carbocycles. The highest BCUT2D eigenvalue weighted by Crippen LogP contribution is 2.27. The SMILES string of the molecule is CN(C)C[C@@H](NS(=O)(=O)c1ccc(C(=O)NC2CCCCC2)cc1)c1ccc(Cl)c(Cl)c1. The number of hydrogen-bond donors (Lipinski definition) is 2. The van der Waals surface area contributed by atoms with Gasteiger partial charge in [-0.3, -0.25) is 4.79 Å². The van der Waals surface area contributed by atoms with E-state index in [1.54, 1.807) is 30.3 Å². The van der Waals surface area contributed by atoms with Gasteiger partial charge in [0, 0.05) is 18.2 Å². The van der Waals surface area contributed by atoms with E-state index in [0.717, 1.165) is 25.7 Å². The molecule has 174 valence electrons. The van der Waals surface area contributed by atoms with Crippen molar-refractivity contribution in [1.82, 2.24) is 14.9 Å². The van der Waals surface area contributed by atoms with Crippen molar-refractivity contribution in [2.24, 2.45) is 0 Å². The molecule has 2 aromatic rings. The number of nitrogens with one attached hydrogen (secondary N) is 2. The van der Waals surface area contributed by atoms with Gasteiger partial charge in [-0.05, 0) is 68.9 Å². The monoisotopic (exact) mass is 497 g/mol. The van der Waals surface area contributed by atoms with Crippen LogP contribution in [0.4, 0.5) is 0 Å². The molecule has 6 nitrogen and oxygen atoms in total. The summed E-state index contributed by atoms with van der Waals surface area (Å²) >= 11 is 12.1. The zero-order valence-electron chi connectivity index (χ0n) is 18.3. The summed E-state index contributed by atoms with van der Waals surface area (Å²) in [6.45, 7) is 0.430. The number of carbonyl (C=O) groups excluding carboxylic acids is 1. The molecule has 1 aliphatic rings. The summed E-state index contributed by atoms with van der Waals surface area (Å²) in [5.74, 6) is -0.171. The molecule has 9 heteroatoms. The van der Waals surface area contributed by atoms with Crippen molar-refractivity contribution in [3.8, 4) is 0 Å². The van der Waals surface area contributed by atoms with Gasteiger partial charge < -0.3 is 10.2 Å². The third-order valence-electron chi connectivity index (χ3n) is 5.56. The van der Waals surface area contributed by atoms with E-state index in [4.69, 9.17) is 23.2 Å². The maximum Gasteiger partial charge on any atom is 0.251 e. The summed E-state index contributed by atoms with van der Waals surface area (Å²) in [5, 5.41) is 3.81. The van der Waals surface area contributed by atoms with Crippen molar-refractivity contribution < 1.29 is 13.2 Å². The number of likely N-dealkylation sites (N-methyl/N-ethyl adjacent to an activating group) is 1. The first-order valence-electron chi connectivity index (χ1n) is 10.7. The lowest BCUT2D eigenvalue weighted by Crippen LogP contribution is -2.36. The number of amides is 1. The molecule has 0 radical (unpaired) electrons. The maximum atomic E-state index is 13.1. The predicted octanol–water partition coefficient (Wildman–Crippen LogP) is 4.64. The Morgan fingerprint density at radius 1 is 1.03 bits per heavy atom. The van der Waals surface area contributed by atoms with E-state index in [-0.39, 0.29) is 16.8 Å². The van der Waals surface area contributed by atoms with Crippen LogP contribution in [-0.4, -0.2) is 45.9 Å². The van der Waals surface area contributed by atoms with E-state index in [2.05, 4.69) is 10.0 Å². The van der Waals surface area contributed by atoms with Crippen LogP contribution in [0.3, 0.4) is 0 Å². The highest BCUT2D eigenvalue weighted by Gasteiger charge is 2.23. The molecular formula is C23H29Cl2N3O3S. The lowest BCUT2D eigenvalue weighted by molar-refractivity contribution is 0.0927. The average Bonchev–Trinajstić information content (AvgIpc) is 2.75. The van der Waals surface area contributed by atoms with Gasteiger partial charge in [-0.15, -0.1) is 0 Å². The van der Waals surface area contributed by atoms with Gasteiger partial charge in [0.25, 0.3) is 5.91 Å². The molecule has 1 atom stereocenters. The third-order valence-corrected chi connectivity index (χ3v) is 7.78. The molecule has 0 bridgehead atoms. The third kappa shape index (κ3) is 6.68. The second-order valence-corrected chi connectivity index (χ2v) is 11.0. The molecule has 0 spiro atoms. The molecule has 2 N–H and O–H groups in total. The molecular weight excluding hydrogens is 469 g/mol. The van der Waals surface area contributed by atoms with Gasteiger partial charge >= 0.3 is 0 Å². The molecule has 0 aromatic heterocycles. The Labute approximate surface area is 200 Å². The fraction of sp³-hybridized carbons (Fsp3) is 0.435. The molecule has 0 unspecified atom stereocenters. The molecule has 32 heavy (non-hydrogen) atoms. The van der Waals surface area contributed by atoms with Crippen LogP contribution in [0, 0.1) is 0 Å². The number of benzene rings is 2. The highest BCUT2D eigenvalue weighted by molar-refractivity contribution is 7.89. The van der Waals surface area contributed by atoms with E-state index in [0.29, 0.717) is 27.7 Å². The van der Waals surface area contributed by atoms with Crippen LogP contribution in [0.2, 0.25) is 10.0 Å². The Bertz CT molecular complexity index is 1040. The molecule has 1 amide bonds. The number of hydrogen-bond acceptors (Lipinski definition) is 4. The molecule has 2 aromatic carbocycles. The minimum Gasteiger partial charge on any atom is -0.349 e. The van der Waals surface area contributed by atoms with Gasteiger partial charge in [0.05, 0.1) is 21.0 Å². The summed E-state index contributed by atoms with van der Waals surface area (Å²) in [6.07, 6.45) is 5.44. The zero-order chi connectivity index (χ0) is 23.3. The molecule has 3 rings (SSSR count). The number of nitrogens with zero attached hydrogens (tertiary/aromatic N) is 1. The standard InChI is InChI=1S/C23H29Cl2N3O3S/c1-28(2)15-22(17-10-13-20(24)21(25)14-17)27-32(30,31)19-11-8-16(9-12-19)23(29)26-18-6-4-3-5-7-18/h8-14,18,22,27H,3-7,15H2,1-2H3,(H,26,29)/t22-/m1/s1. The second-order valence-electron chi connectivity index (χ2n) is 8.44. The maximum absolute atomic E-state index is 13.1. The molecule has 0 heterocycles. The highest BCUT2D eigenvalue weighted by atomic mass is 35.5. The minimum absolute atomic E-state index is 0.0931. The Hall–Kier alpha value is -1.64. The summed E-state index contributed by atoms with van der Waals surface area (Å²) in [4.78, 5) is 14.5. The van der Waals surface area contributed by atoms with Crippen LogP contribution in [-0.2, 0) is 10.0 Å². The molecule has 0 aliphatic heterocycles. The first-order valence-corrected chi connectivity index (χ1v) is 12.9. The molecule has 1 saturated carbocycles. The normalized spacial score (nSPS) is 16.2. The lowest BCUT2D eigenvalue weighted by Gasteiger charge is -2.23. The fourth-order valence-corrected chi connectivity index (χ4v) is 5.38. The van der Waals surface area contributed by atoms with Crippen LogP contribution in [0.25, 0.3) is 0 Å². The van der Waals surface area contributed by atoms with Crippen molar-refractivity contribution in [3.63, 3.8) is 0 Å². The van der Waals surface area contributed by atoms with Crippen LogP contribution in [0.1, 0.15) is 54.1 Å². The quantitative estimate of drug-likeness (QED) is 0.556. The van der Waals surface area contributed by atoms with E-state index in [1.807, 2.05) is 19.0 Å². The molecule has 0 saturated heterocycles. The first-order chi connectivity index (χ1) is 15.2. The van der Waals surface area contributed by atoms with E-state index < -0.39 is 16.1 Å². The predicted molar refractivity (Wildman–Crippen MR) is 129 cm³/mol. The van der Waals surface area contributed by atoms with Gasteiger partial charge in [0.1, 0.15) is 0 Å². The van der Waals surface area contributed by atoms with Gasteiger partial charge in [-0.25, -0.2) is 13.1 Å². The summed E-state index contributed by atoms with van der Waals surface area (Å²) < 4.78 is 28.9. The topological polar surface area (TPSA) is 78.5 Å². The summed E-state index contributed by atoms with van der Waals surface area (Å²) in [7, 11) is -0.111. The van der Waals surface area contributed by atoms with Crippen LogP contribution in [0.5, 0.6) is 0 Å². The van der Waals surface area contributed by atoms with Crippen LogP contribution >= 0.6 is 23.2 Å². The van der Waals surface area contributed by atoms with Crippen LogP contribution in [0.15, 0.2) is 47.4 Å². The smallest absolute Gasteiger partial charge is 0.251 e. The van der Waals surface area contributed by atoms with Gasteiger partial charge in [-0.1, -0.05) is 48.5 Å². The minimum atomic E-state index is -3.83. The largest absolute Gasteiger partial charge is 0.349 e. The number of rotatable bonds is 8. The number of sulfonamides is 1. The summed E-state index contributed by atoms with van der Waals surface area (Å²) in [5.41, 5.74) is 1.16. The van der Waals surface area contributed by atoms with Gasteiger partial charge in [0.2, 0.25) is 10.0 Å². The Morgan fingerprint density at radius 3 is 2.28 bits per heavy atom. The van der Waals surface area contributed by atoms with Crippen molar-refractivity contribution >= 4 is 39.1 Å². The van der Waals surface area contributed by atoms with Crippen LogP contribution < -0.4 is 10.0 Å². The fourth-order valence-electron chi connectivity index (χ4n) is 3.86. The first kappa shape index (κ1) is 25.0. The van der Waals surface area contributed by atoms with Gasteiger partial charge in [0.15, 0.2) is 0 Å². The Kier molecular flexibility index (Phi) is 8.58. The average molecular weight is 498 g/mol. The summed E-state index contributed by atoms with van der Waals surface area (Å²) in [6, 6.07) is 10.7. The second kappa shape index (κ2) is 11.0. The van der Waals surface area contributed by atoms with Crippen molar-refractivity contribution in [2.45, 2.75) is 49.1 Å². The van der Waals surface area contributed by atoms with E-state index in [1.165, 1.54) is 18.6 Å². The Balaban J connectivity index is 1.74. The van der Waals surface area contributed by atoms with E-state index >= 15 is 0 Å². The zero-order valence-corrected chi connectivity index (χ0v) is 20.6. The van der Waals surface area contributed by atoms with E-state index in [9.17, 15) is 13.2 Å². The van der Waals surface area contributed by atoms with Crippen molar-refractivity contribution in [2.75, 3.05) is 20.6 Å². The van der Waals surface area contributed by atoms with Gasteiger partial charge in [-0.2, -0.15) is 0 Å². The number of halogens is 2. The lowest BCUT2D eigenvalue weighted by atomic mass is 9.95. The van der Waals surface area contributed by atoms with Crippen molar-refractivity contribution in [1.29, 1.82) is 0 Å². The van der Waals surface area contributed by atoms with Crippen molar-refractivity contribution in [3.05, 3.63) is 63.6 Å². The Morgan fingerprint density at radius 2 is 1.69 bits per heavy atom. The number of carbonyl (C=O) groups is 1. The molecule has 1 fully saturated rings.